The fourth-order valence-corrected chi connectivity index (χ4v) is 4.14. The number of hydrogen-bond donors (Lipinski definition) is 1. The molecule has 0 radical (unpaired) electrons. The Morgan fingerprint density at radius 3 is 2.64 bits per heavy atom. The molecule has 1 aromatic carbocycles. The van der Waals surface area contributed by atoms with Crippen LogP contribution < -0.4 is 5.32 Å². The van der Waals surface area contributed by atoms with Crippen LogP contribution >= 0.6 is 15.9 Å². The monoisotopic (exact) mass is 388 g/mol. The molecule has 1 aliphatic heterocycles. The lowest BCUT2D eigenvalue weighted by atomic mass is 9.97. The molecule has 122 valence electrons. The normalized spacial score (nSPS) is 17.4. The zero-order chi connectivity index (χ0) is 16.2. The number of rotatable bonds is 5. The Morgan fingerprint density at radius 2 is 2.05 bits per heavy atom. The number of benzene rings is 1. The summed E-state index contributed by atoms with van der Waals surface area (Å²) in [5.74, 6) is 0.0243. The smallest absolute Gasteiger partial charge is 0.223 e. The van der Waals surface area contributed by atoms with Gasteiger partial charge in [-0.3, -0.25) is 4.79 Å². The summed E-state index contributed by atoms with van der Waals surface area (Å²) in [7, 11) is -3.13. The van der Waals surface area contributed by atoms with E-state index in [0.29, 0.717) is 32.5 Å². The molecule has 1 amide bonds. The van der Waals surface area contributed by atoms with Crippen LogP contribution in [0.15, 0.2) is 28.7 Å². The summed E-state index contributed by atoms with van der Waals surface area (Å²) in [6.07, 6.45) is 1.17. The van der Waals surface area contributed by atoms with Gasteiger partial charge < -0.3 is 5.32 Å². The van der Waals surface area contributed by atoms with Gasteiger partial charge in [0.05, 0.1) is 5.75 Å². The quantitative estimate of drug-likeness (QED) is 0.839. The molecule has 0 bridgehead atoms. The molecule has 1 aromatic rings. The minimum Gasteiger partial charge on any atom is -0.352 e. The molecule has 1 fully saturated rings. The SMILES string of the molecule is CCS(=O)(=O)N1CCC(C(=O)NCc2cccc(Br)c2)CC1. The van der Waals surface area contributed by atoms with Crippen molar-refractivity contribution in [2.24, 2.45) is 5.92 Å². The van der Waals surface area contributed by atoms with Crippen molar-refractivity contribution in [3.63, 3.8) is 0 Å². The van der Waals surface area contributed by atoms with Crippen LogP contribution in [0.25, 0.3) is 0 Å². The van der Waals surface area contributed by atoms with E-state index >= 15 is 0 Å². The van der Waals surface area contributed by atoms with Crippen LogP contribution in [0.4, 0.5) is 0 Å². The van der Waals surface area contributed by atoms with Gasteiger partial charge in [-0.25, -0.2) is 12.7 Å². The highest BCUT2D eigenvalue weighted by molar-refractivity contribution is 9.10. The lowest BCUT2D eigenvalue weighted by molar-refractivity contribution is -0.126. The van der Waals surface area contributed by atoms with Gasteiger partial charge >= 0.3 is 0 Å². The van der Waals surface area contributed by atoms with Crippen molar-refractivity contribution in [3.05, 3.63) is 34.3 Å². The summed E-state index contributed by atoms with van der Waals surface area (Å²) in [5, 5.41) is 2.94. The maximum Gasteiger partial charge on any atom is 0.223 e. The molecule has 0 aromatic heterocycles. The standard InChI is InChI=1S/C15H21BrN2O3S/c1-2-22(20,21)18-8-6-13(7-9-18)15(19)17-11-12-4-3-5-14(16)10-12/h3-5,10,13H,2,6-9,11H2,1H3,(H,17,19). The van der Waals surface area contributed by atoms with E-state index in [2.05, 4.69) is 21.2 Å². The average molecular weight is 389 g/mol. The first-order valence-corrected chi connectivity index (χ1v) is 9.82. The molecule has 1 heterocycles. The number of nitrogens with zero attached hydrogens (tertiary/aromatic N) is 1. The molecular formula is C15H21BrN2O3S. The summed E-state index contributed by atoms with van der Waals surface area (Å²) < 4.78 is 26.1. The molecule has 1 N–H and O–H groups in total. The molecule has 7 heteroatoms. The predicted octanol–water partition coefficient (Wildman–Crippen LogP) is 2.13. The van der Waals surface area contributed by atoms with Crippen LogP contribution in [0.2, 0.25) is 0 Å². The molecule has 1 saturated heterocycles. The van der Waals surface area contributed by atoms with Gasteiger partial charge in [-0.05, 0) is 37.5 Å². The van der Waals surface area contributed by atoms with E-state index in [4.69, 9.17) is 0 Å². The Morgan fingerprint density at radius 1 is 1.36 bits per heavy atom. The van der Waals surface area contributed by atoms with E-state index < -0.39 is 10.0 Å². The maximum atomic E-state index is 12.2. The third kappa shape index (κ3) is 4.54. The third-order valence-electron chi connectivity index (χ3n) is 3.94. The first kappa shape index (κ1) is 17.4. The number of carbonyl (C=O) groups is 1. The highest BCUT2D eigenvalue weighted by atomic mass is 79.9. The van der Waals surface area contributed by atoms with Gasteiger partial charge in [0.25, 0.3) is 0 Å². The highest BCUT2D eigenvalue weighted by Crippen LogP contribution is 2.20. The minimum atomic E-state index is -3.13. The number of carbonyl (C=O) groups excluding carboxylic acids is 1. The molecule has 0 spiro atoms. The molecule has 1 aliphatic rings. The summed E-state index contributed by atoms with van der Waals surface area (Å²) in [6, 6.07) is 7.80. The molecule has 0 saturated carbocycles. The van der Waals surface area contributed by atoms with Gasteiger partial charge in [0.15, 0.2) is 0 Å². The fraction of sp³-hybridized carbons (Fsp3) is 0.533. The topological polar surface area (TPSA) is 66.5 Å². The fourth-order valence-electron chi connectivity index (χ4n) is 2.56. The van der Waals surface area contributed by atoms with Gasteiger partial charge in [0.2, 0.25) is 15.9 Å². The van der Waals surface area contributed by atoms with Crippen LogP contribution in [-0.2, 0) is 21.4 Å². The molecule has 0 atom stereocenters. The number of nitrogens with one attached hydrogen (secondary N) is 1. The summed E-state index contributed by atoms with van der Waals surface area (Å²) in [4.78, 5) is 12.2. The number of hydrogen-bond acceptors (Lipinski definition) is 3. The van der Waals surface area contributed by atoms with Gasteiger partial charge in [-0.15, -0.1) is 0 Å². The second kappa shape index (κ2) is 7.57. The Hall–Kier alpha value is -0.920. The predicted molar refractivity (Wildman–Crippen MR) is 89.7 cm³/mol. The largest absolute Gasteiger partial charge is 0.352 e. The van der Waals surface area contributed by atoms with Gasteiger partial charge in [-0.2, -0.15) is 0 Å². The number of amides is 1. The van der Waals surface area contributed by atoms with Crippen molar-refractivity contribution in [1.82, 2.24) is 9.62 Å². The molecule has 5 nitrogen and oxygen atoms in total. The zero-order valence-electron chi connectivity index (χ0n) is 12.6. The Bertz CT molecular complexity index is 625. The first-order valence-electron chi connectivity index (χ1n) is 7.42. The van der Waals surface area contributed by atoms with Gasteiger partial charge in [0.1, 0.15) is 0 Å². The van der Waals surface area contributed by atoms with Crippen molar-refractivity contribution in [2.45, 2.75) is 26.3 Å². The Balaban J connectivity index is 1.83. The van der Waals surface area contributed by atoms with E-state index in [9.17, 15) is 13.2 Å². The van der Waals surface area contributed by atoms with Crippen LogP contribution in [0.1, 0.15) is 25.3 Å². The maximum absolute atomic E-state index is 12.2. The summed E-state index contributed by atoms with van der Waals surface area (Å²) in [5.41, 5.74) is 1.04. The molecular weight excluding hydrogens is 368 g/mol. The highest BCUT2D eigenvalue weighted by Gasteiger charge is 2.29. The van der Waals surface area contributed by atoms with Crippen molar-refractivity contribution in [1.29, 1.82) is 0 Å². The average Bonchev–Trinajstić information content (AvgIpc) is 2.53. The van der Waals surface area contributed by atoms with Crippen LogP contribution in [0.3, 0.4) is 0 Å². The van der Waals surface area contributed by atoms with E-state index in [1.165, 1.54) is 4.31 Å². The Labute approximate surface area is 140 Å². The summed E-state index contributed by atoms with van der Waals surface area (Å²) in [6.45, 7) is 3.01. The van der Waals surface area contributed by atoms with Gasteiger partial charge in [-0.1, -0.05) is 28.1 Å². The van der Waals surface area contributed by atoms with Crippen molar-refractivity contribution in [2.75, 3.05) is 18.8 Å². The second-order valence-corrected chi connectivity index (χ2v) is 8.59. The van der Waals surface area contributed by atoms with Crippen molar-refractivity contribution >= 4 is 31.9 Å². The number of sulfonamides is 1. The Kier molecular flexibility index (Phi) is 6.00. The number of halogens is 1. The van der Waals surface area contributed by atoms with E-state index in [1.54, 1.807) is 6.92 Å². The van der Waals surface area contributed by atoms with E-state index in [-0.39, 0.29) is 17.6 Å². The van der Waals surface area contributed by atoms with Gasteiger partial charge in [0, 0.05) is 30.0 Å². The molecule has 0 unspecified atom stereocenters. The molecule has 0 aliphatic carbocycles. The van der Waals surface area contributed by atoms with E-state index in [1.807, 2.05) is 24.3 Å². The van der Waals surface area contributed by atoms with Crippen molar-refractivity contribution in [3.8, 4) is 0 Å². The molecule has 2 rings (SSSR count). The summed E-state index contributed by atoms with van der Waals surface area (Å²) >= 11 is 3.40. The first-order chi connectivity index (χ1) is 10.4. The third-order valence-corrected chi connectivity index (χ3v) is 6.31. The zero-order valence-corrected chi connectivity index (χ0v) is 15.0. The van der Waals surface area contributed by atoms with Crippen LogP contribution in [0, 0.1) is 5.92 Å². The van der Waals surface area contributed by atoms with Crippen LogP contribution in [0.5, 0.6) is 0 Å². The van der Waals surface area contributed by atoms with E-state index in [0.717, 1.165) is 10.0 Å². The second-order valence-electron chi connectivity index (χ2n) is 5.42. The molecule has 22 heavy (non-hydrogen) atoms. The lowest BCUT2D eigenvalue weighted by Crippen LogP contribution is -2.43. The lowest BCUT2D eigenvalue weighted by Gasteiger charge is -2.30. The van der Waals surface area contributed by atoms with Crippen molar-refractivity contribution < 1.29 is 13.2 Å². The number of piperidine rings is 1. The minimum absolute atomic E-state index is 0.00789. The van der Waals surface area contributed by atoms with Crippen LogP contribution in [-0.4, -0.2) is 37.5 Å².